The van der Waals surface area contributed by atoms with Crippen LogP contribution in [0, 0.1) is 39.0 Å². The number of piperazine rings is 2. The van der Waals surface area contributed by atoms with Gasteiger partial charge in [-0.25, -0.2) is 9.59 Å². The van der Waals surface area contributed by atoms with Gasteiger partial charge in [0, 0.05) is 101 Å². The maximum Gasteiger partial charge on any atom is 0.331 e. The number of nitriles is 1. The van der Waals surface area contributed by atoms with E-state index in [2.05, 4.69) is 32.2 Å². The van der Waals surface area contributed by atoms with E-state index in [1.54, 1.807) is 24.3 Å². The normalized spacial score (nSPS) is 28.6. The van der Waals surface area contributed by atoms with Crippen molar-refractivity contribution in [2.45, 2.75) is 164 Å². The highest BCUT2D eigenvalue weighted by Crippen LogP contribution is 2.66. The lowest BCUT2D eigenvalue weighted by molar-refractivity contribution is -0.164. The standard InChI is InChI=1S/C39H40N4O10S.C38H41N3O11S.2CH4/c1-16-8-20-9-22-23(12-40)43-24-13-50-38(47)39(21-11-26(48-4)25(45)10-19(21)6-7-41-39)14-54-37(31(43)30(42-22)27(20)32(46)33(16)49-5)29-28(24)36-35(51-15-52-36)17(2)34(29)53-18(3)44;1-15-8-19-9-21-36(45)41-22-12-49-37(46)38(20-11-24(47-4)23(43)10-18(20)6-7-39-38)13-53-35(29(41)28(40-21)25(19)30(44)31(15)48-5)27-26(22)34-33(50-14-51-34)16(2)32(27)52-17(3)42;;/h8,10-11,22-24,30-31,37,41-42,45-46H,6-7,9,13-15H2,1-5H3;8,10-11,21-22,28-29,35-36,39-40,43-45H,6-7,9,12-14H2,1-5H3;2*1H4/t22-,23-,24-,30+,31?,37+,39+;21-,22-,28+,29?,35+,36-,38+;;/m00../s1. The minimum absolute atomic E-state index is 0. The number of thioether (sulfide) groups is 2. The number of esters is 4. The quantitative estimate of drug-likeness (QED) is 0.0563. The van der Waals surface area contributed by atoms with Crippen molar-refractivity contribution in [1.29, 1.82) is 5.26 Å². The summed E-state index contributed by atoms with van der Waals surface area (Å²) in [6, 6.07) is 8.05. The highest BCUT2D eigenvalue weighted by Gasteiger charge is 2.63. The van der Waals surface area contributed by atoms with Gasteiger partial charge in [0.15, 0.2) is 80.1 Å². The molecule has 0 aliphatic carbocycles. The number of carbonyl (C=O) groups is 4. The van der Waals surface area contributed by atoms with Crippen LogP contribution in [0.15, 0.2) is 36.4 Å². The van der Waals surface area contributed by atoms with Crippen molar-refractivity contribution < 1.29 is 102 Å². The van der Waals surface area contributed by atoms with Crippen molar-refractivity contribution in [3.63, 3.8) is 0 Å². The fourth-order valence-corrected chi connectivity index (χ4v) is 22.8. The number of phenols is 4. The molecule has 6 aromatic carbocycles. The molecule has 20 rings (SSSR count). The van der Waals surface area contributed by atoms with Gasteiger partial charge in [0.05, 0.1) is 75.2 Å². The van der Waals surface area contributed by atoms with E-state index in [4.69, 9.17) is 56.8 Å². The van der Waals surface area contributed by atoms with Crippen LogP contribution in [0.5, 0.6) is 80.5 Å². The molecule has 4 saturated heterocycles. The molecular weight excluding hydrogens is 1450 g/mol. The first-order chi connectivity index (χ1) is 51.5. The molecule has 578 valence electrons. The Morgan fingerprint density at radius 2 is 0.972 bits per heavy atom. The van der Waals surface area contributed by atoms with E-state index in [1.165, 1.54) is 65.8 Å². The van der Waals surface area contributed by atoms with Crippen LogP contribution in [0.2, 0.25) is 0 Å². The third-order valence-corrected chi connectivity index (χ3v) is 26.6. The summed E-state index contributed by atoms with van der Waals surface area (Å²) in [7, 11) is 5.97. The number of aromatic hydroxyl groups is 4. The predicted octanol–water partition coefficient (Wildman–Crippen LogP) is 7.99. The van der Waals surface area contributed by atoms with Gasteiger partial charge in [-0.15, -0.1) is 23.5 Å². The number of fused-ring (bicyclic) bond motifs is 18. The van der Waals surface area contributed by atoms with Gasteiger partial charge in [-0.2, -0.15) is 5.26 Å². The average molecular weight is 1540 g/mol. The highest BCUT2D eigenvalue weighted by atomic mass is 32.2. The van der Waals surface area contributed by atoms with E-state index >= 15 is 0 Å². The molecule has 14 heterocycles. The summed E-state index contributed by atoms with van der Waals surface area (Å²) >= 11 is 2.92. The SMILES string of the molecule is C.C.COc1cc2c(cc1O)CCN[C@]21CS[C@@H]2c3c(OC(C)=O)c(C)c4c(c3[C@H](COC1=O)N1C2[C@@H]2N[C@@H](Cc3cc(C)c(OC)c(O)c32)[C@@H]1C#N)OCO4.COc1cc2c(cc1O)CCN[C@]21CS[C@@H]2c3c(OC(C)=O)c(C)c4c(c3[C@H](COC1=O)N1C2[C@@H]2N[C@@H](Cc3cc(C)c(OC)c(O)c32)[C@@H]1O)OCO4. The van der Waals surface area contributed by atoms with E-state index < -0.39 is 100 Å². The Balaban J connectivity index is 0.000000170. The van der Waals surface area contributed by atoms with E-state index in [-0.39, 0.29) is 93.7 Å². The van der Waals surface area contributed by atoms with Crippen LogP contribution in [0.4, 0.5) is 0 Å². The number of aliphatic hydroxyl groups is 1. The van der Waals surface area contributed by atoms with Crippen molar-refractivity contribution in [1.82, 2.24) is 31.1 Å². The molecule has 0 aromatic heterocycles. The van der Waals surface area contributed by atoms with Gasteiger partial charge < -0.3 is 93.0 Å². The topological polar surface area (TPSA) is 359 Å². The Morgan fingerprint density at radius 3 is 1.40 bits per heavy atom. The Morgan fingerprint density at radius 1 is 0.550 bits per heavy atom. The number of phenolic OH excluding ortho intramolecular Hbond substituents is 4. The second-order valence-electron chi connectivity index (χ2n) is 29.2. The molecule has 109 heavy (non-hydrogen) atoms. The lowest BCUT2D eigenvalue weighted by Crippen LogP contribution is -2.69. The first-order valence-corrected chi connectivity index (χ1v) is 37.7. The summed E-state index contributed by atoms with van der Waals surface area (Å²) < 4.78 is 71.7. The van der Waals surface area contributed by atoms with Gasteiger partial charge in [0.1, 0.15) is 37.0 Å². The van der Waals surface area contributed by atoms with Gasteiger partial charge in [-0.3, -0.25) is 30.0 Å². The Hall–Kier alpha value is -9.29. The van der Waals surface area contributed by atoms with Crippen LogP contribution in [-0.2, 0) is 65.4 Å². The van der Waals surface area contributed by atoms with E-state index in [1.807, 2.05) is 44.7 Å². The number of methoxy groups -OCH3 is 4. The van der Waals surface area contributed by atoms with Crippen molar-refractivity contribution >= 4 is 47.4 Å². The molecule has 14 atom stereocenters. The Kier molecular flexibility index (Phi) is 19.2. The zero-order valence-electron chi connectivity index (χ0n) is 60.3. The lowest BCUT2D eigenvalue weighted by atomic mass is 9.72. The summed E-state index contributed by atoms with van der Waals surface area (Å²) in [5.41, 5.74) is 8.59. The lowest BCUT2D eigenvalue weighted by Gasteiger charge is -2.59. The second kappa shape index (κ2) is 27.9. The summed E-state index contributed by atoms with van der Waals surface area (Å²) in [4.78, 5) is 59.1. The highest BCUT2D eigenvalue weighted by molar-refractivity contribution is 7.99. The number of benzene rings is 6. The molecule has 28 nitrogen and oxygen atoms in total. The minimum atomic E-state index is -1.36. The third kappa shape index (κ3) is 11.1. The summed E-state index contributed by atoms with van der Waals surface area (Å²) in [5, 5.41) is 81.8. The third-order valence-electron chi connectivity index (χ3n) is 23.7. The Bertz CT molecular complexity index is 4880. The van der Waals surface area contributed by atoms with Crippen molar-refractivity contribution in [2.75, 3.05) is 79.8 Å². The van der Waals surface area contributed by atoms with Crippen molar-refractivity contribution in [2.24, 2.45) is 0 Å². The van der Waals surface area contributed by atoms with E-state index in [9.17, 15) is 50.0 Å². The van der Waals surface area contributed by atoms with E-state index in [0.29, 0.717) is 140 Å². The van der Waals surface area contributed by atoms with Gasteiger partial charge in [0.2, 0.25) is 13.6 Å². The number of hydrogen-bond donors (Lipinski definition) is 9. The maximum absolute atomic E-state index is 14.7. The second-order valence-corrected chi connectivity index (χ2v) is 31.4. The summed E-state index contributed by atoms with van der Waals surface area (Å²) in [5.74, 6) is 1.80. The van der Waals surface area contributed by atoms with Crippen molar-refractivity contribution in [3.8, 4) is 86.6 Å². The van der Waals surface area contributed by atoms with Crippen LogP contribution in [0.1, 0.15) is 152 Å². The predicted molar refractivity (Wildman–Crippen MR) is 397 cm³/mol. The van der Waals surface area contributed by atoms with Crippen LogP contribution >= 0.6 is 23.5 Å². The summed E-state index contributed by atoms with van der Waals surface area (Å²) in [6.07, 6.45) is 0.958. The van der Waals surface area contributed by atoms with Crippen LogP contribution in [0.25, 0.3) is 0 Å². The van der Waals surface area contributed by atoms with Crippen LogP contribution < -0.4 is 68.6 Å². The molecule has 8 bridgehead atoms. The first kappa shape index (κ1) is 75.1. The van der Waals surface area contributed by atoms with Crippen molar-refractivity contribution in [3.05, 3.63) is 125 Å². The summed E-state index contributed by atoms with van der Waals surface area (Å²) in [6.45, 7) is 10.5. The average Bonchev–Trinajstić information content (AvgIpc) is 1.41. The number of rotatable bonds is 6. The Labute approximate surface area is 638 Å². The molecule has 0 radical (unpaired) electrons. The number of nitrogens with one attached hydrogen (secondary N) is 4. The number of carbonyl (C=O) groups excluding carboxylic acids is 4. The maximum atomic E-state index is 14.7. The number of aliphatic hydroxyl groups excluding tert-OH is 1. The van der Waals surface area contributed by atoms with Gasteiger partial charge in [0.25, 0.3) is 0 Å². The fraction of sp³-hybridized carbons (Fsp3) is 0.481. The molecule has 0 amide bonds. The molecule has 2 unspecified atom stereocenters. The largest absolute Gasteiger partial charge is 0.504 e. The van der Waals surface area contributed by atoms with Crippen LogP contribution in [-0.4, -0.2) is 175 Å². The molecule has 30 heteroatoms. The van der Waals surface area contributed by atoms with Gasteiger partial charge in [-0.1, -0.05) is 27.0 Å². The van der Waals surface area contributed by atoms with E-state index in [0.717, 1.165) is 33.4 Å². The molecule has 6 aromatic rings. The number of hydrogen-bond acceptors (Lipinski definition) is 30. The zero-order valence-corrected chi connectivity index (χ0v) is 61.9. The fourth-order valence-electron chi connectivity index (χ4n) is 19.4. The molecule has 9 N–H and O–H groups in total. The molecule has 14 aliphatic heterocycles. The molecular formula is C79H89N7O21S2. The smallest absolute Gasteiger partial charge is 0.331 e. The molecule has 4 fully saturated rings. The number of aryl methyl sites for hydroxylation is 2. The first-order valence-electron chi connectivity index (χ1n) is 35.6. The molecule has 2 spiro atoms. The number of nitrogens with zero attached hydrogens (tertiary/aromatic N) is 3. The van der Waals surface area contributed by atoms with Gasteiger partial charge in [-0.05, 0) is 122 Å². The number of ether oxygens (including phenoxy) is 12. The minimum Gasteiger partial charge on any atom is -0.504 e. The van der Waals surface area contributed by atoms with Gasteiger partial charge >= 0.3 is 23.9 Å². The molecule has 0 saturated carbocycles. The monoisotopic (exact) mass is 1540 g/mol. The molecule has 14 aliphatic rings. The zero-order chi connectivity index (χ0) is 74.9. The van der Waals surface area contributed by atoms with Crippen LogP contribution in [0.3, 0.4) is 0 Å².